The Bertz CT molecular complexity index is 840. The number of hydrogen-bond donors (Lipinski definition) is 0. The third-order valence-corrected chi connectivity index (χ3v) is 3.90. The number of benzene rings is 1. The number of nitrogens with zero attached hydrogens (tertiary/aromatic N) is 5. The number of hydrogen-bond acceptors (Lipinski definition) is 6. The second-order valence-corrected chi connectivity index (χ2v) is 5.99. The van der Waals surface area contributed by atoms with Crippen molar-refractivity contribution >= 4 is 5.91 Å². The van der Waals surface area contributed by atoms with Crippen LogP contribution < -0.4 is 4.74 Å². The second kappa shape index (κ2) is 7.81. The van der Waals surface area contributed by atoms with E-state index in [0.29, 0.717) is 23.7 Å². The normalized spacial score (nSPS) is 10.9. The molecule has 2 heterocycles. The van der Waals surface area contributed by atoms with Crippen LogP contribution in [0.5, 0.6) is 5.75 Å². The van der Waals surface area contributed by atoms with Gasteiger partial charge in [0, 0.05) is 18.7 Å². The number of ether oxygens (including phenoxy) is 1. The Morgan fingerprint density at radius 3 is 2.69 bits per heavy atom. The van der Waals surface area contributed by atoms with Crippen LogP contribution in [0.3, 0.4) is 0 Å². The highest BCUT2D eigenvalue weighted by Crippen LogP contribution is 2.17. The third-order valence-electron chi connectivity index (χ3n) is 3.90. The van der Waals surface area contributed by atoms with Gasteiger partial charge in [-0.3, -0.25) is 4.79 Å². The minimum absolute atomic E-state index is 0.104. The monoisotopic (exact) mass is 355 g/mol. The average Bonchev–Trinajstić information content (AvgIpc) is 3.32. The summed E-state index contributed by atoms with van der Waals surface area (Å²) in [6.45, 7) is 6.68. The quantitative estimate of drug-likeness (QED) is 0.648. The maximum atomic E-state index is 12.4. The first-order chi connectivity index (χ1) is 12.6. The van der Waals surface area contributed by atoms with Gasteiger partial charge in [-0.15, -0.1) is 0 Å². The molecule has 0 aliphatic rings. The summed E-state index contributed by atoms with van der Waals surface area (Å²) < 4.78 is 12.6. The standard InChI is InChI=1S/C18H21N5O3/c1-4-22(13(2)3)18(24)17-9-16(26-21-17)10-25-15-7-5-14(6-8-15)23-12-19-11-20-23/h5-9,11-13H,4,10H2,1-3H3. The smallest absolute Gasteiger partial charge is 0.276 e. The Hall–Kier alpha value is -3.16. The van der Waals surface area contributed by atoms with E-state index in [-0.39, 0.29) is 18.6 Å². The molecule has 0 fully saturated rings. The van der Waals surface area contributed by atoms with E-state index in [4.69, 9.17) is 9.26 Å². The van der Waals surface area contributed by atoms with Gasteiger partial charge < -0.3 is 14.2 Å². The van der Waals surface area contributed by atoms with Gasteiger partial charge in [0.25, 0.3) is 5.91 Å². The van der Waals surface area contributed by atoms with Crippen molar-refractivity contribution in [3.8, 4) is 11.4 Å². The maximum Gasteiger partial charge on any atom is 0.276 e. The van der Waals surface area contributed by atoms with Crippen molar-refractivity contribution in [2.45, 2.75) is 33.4 Å². The fourth-order valence-corrected chi connectivity index (χ4v) is 2.56. The molecular formula is C18H21N5O3. The van der Waals surface area contributed by atoms with Gasteiger partial charge >= 0.3 is 0 Å². The molecule has 0 N–H and O–H groups in total. The molecular weight excluding hydrogens is 334 g/mol. The van der Waals surface area contributed by atoms with E-state index in [1.165, 1.54) is 6.33 Å². The molecule has 0 saturated carbocycles. The Morgan fingerprint density at radius 1 is 1.31 bits per heavy atom. The molecule has 0 bridgehead atoms. The lowest BCUT2D eigenvalue weighted by Gasteiger charge is -2.23. The van der Waals surface area contributed by atoms with Gasteiger partial charge in [0.2, 0.25) is 0 Å². The largest absolute Gasteiger partial charge is 0.486 e. The number of carbonyl (C=O) groups excluding carboxylic acids is 1. The molecule has 2 aromatic heterocycles. The summed E-state index contributed by atoms with van der Waals surface area (Å²) in [6, 6.07) is 9.14. The van der Waals surface area contributed by atoms with Gasteiger partial charge in [-0.1, -0.05) is 5.16 Å². The zero-order valence-corrected chi connectivity index (χ0v) is 15.0. The molecule has 0 atom stereocenters. The molecule has 0 aliphatic heterocycles. The minimum atomic E-state index is -0.144. The van der Waals surface area contributed by atoms with Gasteiger partial charge in [0.1, 0.15) is 25.0 Å². The van der Waals surface area contributed by atoms with Gasteiger partial charge in [-0.25, -0.2) is 9.67 Å². The molecule has 0 radical (unpaired) electrons. The zero-order valence-electron chi connectivity index (χ0n) is 15.0. The van der Waals surface area contributed by atoms with Crippen LogP contribution in [0.25, 0.3) is 5.69 Å². The van der Waals surface area contributed by atoms with Crippen LogP contribution >= 0.6 is 0 Å². The topological polar surface area (TPSA) is 86.3 Å². The maximum absolute atomic E-state index is 12.4. The first-order valence-electron chi connectivity index (χ1n) is 8.43. The fourth-order valence-electron chi connectivity index (χ4n) is 2.56. The molecule has 0 unspecified atom stereocenters. The lowest BCUT2D eigenvalue weighted by molar-refractivity contribution is 0.0706. The summed E-state index contributed by atoms with van der Waals surface area (Å²) in [5.74, 6) is 1.03. The van der Waals surface area contributed by atoms with Gasteiger partial charge in [0.15, 0.2) is 11.5 Å². The predicted octanol–water partition coefficient (Wildman–Crippen LogP) is 2.70. The van der Waals surface area contributed by atoms with Crippen molar-refractivity contribution in [1.82, 2.24) is 24.8 Å². The number of amides is 1. The first kappa shape index (κ1) is 17.7. The molecule has 3 rings (SSSR count). The summed E-state index contributed by atoms with van der Waals surface area (Å²) in [5.41, 5.74) is 1.18. The van der Waals surface area contributed by atoms with Crippen LogP contribution in [0.4, 0.5) is 0 Å². The minimum Gasteiger partial charge on any atom is -0.486 e. The van der Waals surface area contributed by atoms with Crippen molar-refractivity contribution in [3.05, 3.63) is 54.4 Å². The van der Waals surface area contributed by atoms with Crippen LogP contribution in [0, 0.1) is 0 Å². The van der Waals surface area contributed by atoms with E-state index >= 15 is 0 Å². The van der Waals surface area contributed by atoms with E-state index < -0.39 is 0 Å². The Kier molecular flexibility index (Phi) is 5.31. The summed E-state index contributed by atoms with van der Waals surface area (Å²) in [5, 5.41) is 7.93. The highest BCUT2D eigenvalue weighted by Gasteiger charge is 2.21. The zero-order chi connectivity index (χ0) is 18.5. The van der Waals surface area contributed by atoms with Crippen LogP contribution in [-0.2, 0) is 6.61 Å². The molecule has 0 spiro atoms. The fraction of sp³-hybridized carbons (Fsp3) is 0.333. The number of carbonyl (C=O) groups is 1. The molecule has 0 saturated heterocycles. The highest BCUT2D eigenvalue weighted by molar-refractivity contribution is 5.92. The third kappa shape index (κ3) is 3.90. The van der Waals surface area contributed by atoms with Crippen LogP contribution in [0.1, 0.15) is 37.0 Å². The molecule has 0 aliphatic carbocycles. The van der Waals surface area contributed by atoms with E-state index in [1.54, 1.807) is 22.0 Å². The Balaban J connectivity index is 1.60. The molecule has 8 heteroatoms. The predicted molar refractivity (Wildman–Crippen MR) is 94.0 cm³/mol. The van der Waals surface area contributed by atoms with Crippen molar-refractivity contribution in [2.24, 2.45) is 0 Å². The van der Waals surface area contributed by atoms with E-state index in [9.17, 15) is 4.79 Å². The molecule has 26 heavy (non-hydrogen) atoms. The summed E-state index contributed by atoms with van der Waals surface area (Å²) in [6.07, 6.45) is 3.10. The van der Waals surface area contributed by atoms with Gasteiger partial charge in [-0.05, 0) is 45.0 Å². The number of aromatic nitrogens is 4. The van der Waals surface area contributed by atoms with Gasteiger partial charge in [0.05, 0.1) is 5.69 Å². The van der Waals surface area contributed by atoms with Crippen LogP contribution in [0.2, 0.25) is 0 Å². The highest BCUT2D eigenvalue weighted by atomic mass is 16.5. The van der Waals surface area contributed by atoms with Crippen molar-refractivity contribution in [2.75, 3.05) is 6.54 Å². The molecule has 3 aromatic rings. The molecule has 1 amide bonds. The second-order valence-electron chi connectivity index (χ2n) is 5.99. The van der Waals surface area contributed by atoms with E-state index in [0.717, 1.165) is 5.69 Å². The van der Waals surface area contributed by atoms with Gasteiger partial charge in [-0.2, -0.15) is 5.10 Å². The lowest BCUT2D eigenvalue weighted by Crippen LogP contribution is -2.36. The Labute approximate surface area is 151 Å². The average molecular weight is 355 g/mol. The van der Waals surface area contributed by atoms with Crippen molar-refractivity contribution in [3.63, 3.8) is 0 Å². The summed E-state index contributed by atoms with van der Waals surface area (Å²) in [4.78, 5) is 18.0. The number of rotatable bonds is 7. The first-order valence-corrected chi connectivity index (χ1v) is 8.43. The van der Waals surface area contributed by atoms with Crippen molar-refractivity contribution < 1.29 is 14.1 Å². The van der Waals surface area contributed by atoms with Crippen LogP contribution in [-0.4, -0.2) is 43.3 Å². The molecule has 1 aromatic carbocycles. The van der Waals surface area contributed by atoms with Crippen LogP contribution in [0.15, 0.2) is 47.5 Å². The SMILES string of the molecule is CCN(C(=O)c1cc(COc2ccc(-n3cncn3)cc2)on1)C(C)C. The lowest BCUT2D eigenvalue weighted by atomic mass is 10.2. The van der Waals surface area contributed by atoms with E-state index in [2.05, 4.69) is 15.2 Å². The molecule has 8 nitrogen and oxygen atoms in total. The van der Waals surface area contributed by atoms with Crippen molar-refractivity contribution in [1.29, 1.82) is 0 Å². The summed E-state index contributed by atoms with van der Waals surface area (Å²) in [7, 11) is 0. The molecule has 136 valence electrons. The van der Waals surface area contributed by atoms with E-state index in [1.807, 2.05) is 45.0 Å². The summed E-state index contributed by atoms with van der Waals surface area (Å²) >= 11 is 0. The Morgan fingerprint density at radius 2 is 2.08 bits per heavy atom.